The van der Waals surface area contributed by atoms with Gasteiger partial charge < -0.3 is 11.1 Å². The molecule has 0 saturated carbocycles. The first-order valence-corrected chi connectivity index (χ1v) is 6.33. The Bertz CT molecular complexity index is 439. The lowest BCUT2D eigenvalue weighted by atomic mass is 10.1. The van der Waals surface area contributed by atoms with Crippen LogP contribution in [0.25, 0.3) is 0 Å². The maximum absolute atomic E-state index is 11.7. The lowest BCUT2D eigenvalue weighted by molar-refractivity contribution is -0.117. The number of amides is 1. The molecule has 1 unspecified atom stereocenters. The van der Waals surface area contributed by atoms with Crippen molar-refractivity contribution in [1.82, 2.24) is 0 Å². The van der Waals surface area contributed by atoms with Crippen molar-refractivity contribution >= 4 is 63.0 Å². The number of benzene rings is 1. The third-order valence-electron chi connectivity index (χ3n) is 2.01. The Hall–Kier alpha value is -0.400. The van der Waals surface area contributed by atoms with Crippen LogP contribution in [-0.4, -0.2) is 10.9 Å². The minimum Gasteiger partial charge on any atom is -0.393 e. The summed E-state index contributed by atoms with van der Waals surface area (Å²) >= 11 is 12.7. The van der Waals surface area contributed by atoms with Crippen LogP contribution in [0.5, 0.6) is 0 Å². The first-order valence-electron chi connectivity index (χ1n) is 4.47. The van der Waals surface area contributed by atoms with Crippen LogP contribution in [0.1, 0.15) is 6.92 Å². The molecule has 3 nitrogen and oxygen atoms in total. The largest absolute Gasteiger partial charge is 0.393 e. The second kappa shape index (κ2) is 5.79. The number of nitrogens with one attached hydrogen (secondary N) is 1. The van der Waals surface area contributed by atoms with Crippen molar-refractivity contribution in [1.29, 1.82) is 0 Å². The van der Waals surface area contributed by atoms with Gasteiger partial charge in [0.15, 0.2) is 0 Å². The fourth-order valence-corrected chi connectivity index (χ4v) is 2.07. The van der Waals surface area contributed by atoms with Crippen molar-refractivity contribution < 1.29 is 4.79 Å². The van der Waals surface area contributed by atoms with Gasteiger partial charge >= 0.3 is 0 Å². The van der Waals surface area contributed by atoms with Gasteiger partial charge in [-0.15, -0.1) is 0 Å². The number of carbonyl (C=O) groups is 1. The highest BCUT2D eigenvalue weighted by Crippen LogP contribution is 2.22. The average molecular weight is 369 g/mol. The predicted octanol–water partition coefficient (Wildman–Crippen LogP) is 2.81. The molecule has 1 atom stereocenters. The molecular formula is C10H10ClIN2OS. The second-order valence-electron chi connectivity index (χ2n) is 3.24. The molecule has 86 valence electrons. The van der Waals surface area contributed by atoms with Gasteiger partial charge in [-0.3, -0.25) is 4.79 Å². The maximum Gasteiger partial charge on any atom is 0.234 e. The molecule has 1 aromatic carbocycles. The summed E-state index contributed by atoms with van der Waals surface area (Å²) in [6.07, 6.45) is 0. The Balaban J connectivity index is 2.81. The minimum atomic E-state index is -0.485. The van der Waals surface area contributed by atoms with E-state index in [4.69, 9.17) is 29.6 Å². The van der Waals surface area contributed by atoms with Crippen LogP contribution in [0.15, 0.2) is 18.2 Å². The summed E-state index contributed by atoms with van der Waals surface area (Å²) in [5.74, 6) is -0.700. The van der Waals surface area contributed by atoms with E-state index in [0.717, 1.165) is 3.57 Å². The summed E-state index contributed by atoms with van der Waals surface area (Å²) in [7, 11) is 0. The topological polar surface area (TPSA) is 55.1 Å². The van der Waals surface area contributed by atoms with Crippen molar-refractivity contribution in [3.05, 3.63) is 26.8 Å². The number of rotatable bonds is 3. The predicted molar refractivity (Wildman–Crippen MR) is 78.7 cm³/mol. The van der Waals surface area contributed by atoms with Gasteiger partial charge in [0.05, 0.1) is 16.6 Å². The molecule has 3 N–H and O–H groups in total. The summed E-state index contributed by atoms with van der Waals surface area (Å²) in [5.41, 5.74) is 6.11. The molecule has 0 aliphatic heterocycles. The Morgan fingerprint density at radius 1 is 1.62 bits per heavy atom. The first kappa shape index (κ1) is 13.7. The SMILES string of the molecule is CC(C(=O)Nc1ccc(Cl)cc1I)C(N)=S. The third-order valence-corrected chi connectivity index (χ3v) is 3.49. The Kier molecular flexibility index (Phi) is 4.94. The van der Waals surface area contributed by atoms with Crippen LogP contribution < -0.4 is 11.1 Å². The number of anilines is 1. The molecule has 0 aliphatic carbocycles. The molecule has 0 heterocycles. The van der Waals surface area contributed by atoms with E-state index < -0.39 is 5.92 Å². The van der Waals surface area contributed by atoms with Gasteiger partial charge in [-0.2, -0.15) is 0 Å². The lowest BCUT2D eigenvalue weighted by Gasteiger charge is -2.11. The van der Waals surface area contributed by atoms with E-state index in [-0.39, 0.29) is 10.9 Å². The van der Waals surface area contributed by atoms with Crippen LogP contribution in [0.4, 0.5) is 5.69 Å². The van der Waals surface area contributed by atoms with E-state index >= 15 is 0 Å². The molecule has 0 aliphatic rings. The molecule has 0 spiro atoms. The van der Waals surface area contributed by atoms with Gasteiger partial charge in [-0.05, 0) is 47.7 Å². The van der Waals surface area contributed by atoms with E-state index in [1.807, 2.05) is 0 Å². The first-order chi connectivity index (χ1) is 7.41. The molecule has 0 fully saturated rings. The van der Waals surface area contributed by atoms with Gasteiger partial charge in [0.2, 0.25) is 5.91 Å². The average Bonchev–Trinajstić information content (AvgIpc) is 2.20. The number of hydrogen-bond donors (Lipinski definition) is 2. The molecule has 0 bridgehead atoms. The van der Waals surface area contributed by atoms with Crippen LogP contribution >= 0.6 is 46.4 Å². The van der Waals surface area contributed by atoms with Gasteiger partial charge in [0.25, 0.3) is 0 Å². The molecule has 1 rings (SSSR count). The summed E-state index contributed by atoms with van der Waals surface area (Å²) in [6, 6.07) is 5.22. The van der Waals surface area contributed by atoms with E-state index in [2.05, 4.69) is 27.9 Å². The summed E-state index contributed by atoms with van der Waals surface area (Å²) in [6.45, 7) is 1.67. The Labute approximate surface area is 118 Å². The van der Waals surface area contributed by atoms with Gasteiger partial charge in [0.1, 0.15) is 0 Å². The molecule has 0 saturated heterocycles. The summed E-state index contributed by atoms with van der Waals surface area (Å²) in [5, 5.41) is 3.38. The highest BCUT2D eigenvalue weighted by molar-refractivity contribution is 14.1. The van der Waals surface area contributed by atoms with Crippen LogP contribution in [0, 0.1) is 9.49 Å². The zero-order chi connectivity index (χ0) is 12.3. The normalized spacial score (nSPS) is 11.9. The monoisotopic (exact) mass is 368 g/mol. The van der Waals surface area contributed by atoms with E-state index in [9.17, 15) is 4.79 Å². The Morgan fingerprint density at radius 2 is 2.25 bits per heavy atom. The fourth-order valence-electron chi connectivity index (χ4n) is 0.961. The highest BCUT2D eigenvalue weighted by Gasteiger charge is 2.16. The number of carbonyl (C=O) groups excluding carboxylic acids is 1. The van der Waals surface area contributed by atoms with Gasteiger partial charge in [-0.1, -0.05) is 23.8 Å². The van der Waals surface area contributed by atoms with Crippen molar-refractivity contribution in [3.8, 4) is 0 Å². The highest BCUT2D eigenvalue weighted by atomic mass is 127. The molecule has 1 aromatic rings. The molecule has 0 radical (unpaired) electrons. The summed E-state index contributed by atoms with van der Waals surface area (Å²) < 4.78 is 0.869. The maximum atomic E-state index is 11.7. The van der Waals surface area contributed by atoms with Crippen LogP contribution in [0.3, 0.4) is 0 Å². The molecular weight excluding hydrogens is 359 g/mol. The zero-order valence-electron chi connectivity index (χ0n) is 8.46. The van der Waals surface area contributed by atoms with E-state index in [1.54, 1.807) is 25.1 Å². The van der Waals surface area contributed by atoms with Crippen LogP contribution in [-0.2, 0) is 4.79 Å². The Morgan fingerprint density at radius 3 is 2.75 bits per heavy atom. The second-order valence-corrected chi connectivity index (χ2v) is 5.31. The summed E-state index contributed by atoms with van der Waals surface area (Å²) in [4.78, 5) is 11.9. The number of thiocarbonyl (C=S) groups is 1. The smallest absolute Gasteiger partial charge is 0.234 e. The third kappa shape index (κ3) is 3.57. The van der Waals surface area contributed by atoms with Crippen molar-refractivity contribution in [2.45, 2.75) is 6.92 Å². The standard InChI is InChI=1S/C10H10ClIN2OS/c1-5(9(13)16)10(15)14-8-3-2-6(11)4-7(8)12/h2-5H,1H3,(H2,13,16)(H,14,15). The molecule has 6 heteroatoms. The minimum absolute atomic E-state index is 0.182. The lowest BCUT2D eigenvalue weighted by Crippen LogP contribution is -2.31. The molecule has 0 aromatic heterocycles. The number of hydrogen-bond acceptors (Lipinski definition) is 2. The van der Waals surface area contributed by atoms with Crippen molar-refractivity contribution in [3.63, 3.8) is 0 Å². The van der Waals surface area contributed by atoms with Crippen molar-refractivity contribution in [2.75, 3.05) is 5.32 Å². The van der Waals surface area contributed by atoms with Gasteiger partial charge in [-0.25, -0.2) is 0 Å². The van der Waals surface area contributed by atoms with E-state index in [1.165, 1.54) is 0 Å². The van der Waals surface area contributed by atoms with Gasteiger partial charge in [0, 0.05) is 8.59 Å². The zero-order valence-corrected chi connectivity index (χ0v) is 12.2. The van der Waals surface area contributed by atoms with Crippen LogP contribution in [0.2, 0.25) is 5.02 Å². The molecule has 1 amide bonds. The fraction of sp³-hybridized carbons (Fsp3) is 0.200. The quantitative estimate of drug-likeness (QED) is 0.637. The number of nitrogens with two attached hydrogens (primary N) is 1. The van der Waals surface area contributed by atoms with Crippen molar-refractivity contribution in [2.24, 2.45) is 11.7 Å². The molecule has 16 heavy (non-hydrogen) atoms. The number of halogens is 2. The van der Waals surface area contributed by atoms with E-state index in [0.29, 0.717) is 10.7 Å².